The number of carbonyl (C=O) groups is 1. The first-order valence-electron chi connectivity index (χ1n) is 9.50. The lowest BCUT2D eigenvalue weighted by Crippen LogP contribution is -2.53. The fraction of sp³-hybridized carbons (Fsp3) is 0.632. The molecule has 2 bridgehead atoms. The van der Waals surface area contributed by atoms with Crippen LogP contribution in [0.1, 0.15) is 54.9 Å². The number of carbonyl (C=O) groups excluding carboxylic acids is 1. The molecule has 2 atom stereocenters. The Morgan fingerprint density at radius 2 is 1.74 bits per heavy atom. The largest absolute Gasteiger partial charge is 0.349 e. The van der Waals surface area contributed by atoms with Gasteiger partial charge < -0.3 is 11.1 Å². The van der Waals surface area contributed by atoms with Crippen LogP contribution >= 0.6 is 12.4 Å². The smallest absolute Gasteiger partial charge is 0.251 e. The molecule has 2 saturated carbocycles. The maximum Gasteiger partial charge on any atom is 0.251 e. The third-order valence-corrected chi connectivity index (χ3v) is 7.11. The summed E-state index contributed by atoms with van der Waals surface area (Å²) >= 11 is 0. The van der Waals surface area contributed by atoms with E-state index in [1.807, 2.05) is 0 Å². The minimum absolute atomic E-state index is 0. The zero-order valence-corrected chi connectivity index (χ0v) is 17.3. The molecule has 152 valence electrons. The second kappa shape index (κ2) is 9.37. The van der Waals surface area contributed by atoms with Crippen LogP contribution < -0.4 is 15.8 Å². The fourth-order valence-electron chi connectivity index (χ4n) is 4.33. The van der Waals surface area contributed by atoms with E-state index >= 15 is 0 Å². The maximum absolute atomic E-state index is 12.6. The quantitative estimate of drug-likeness (QED) is 0.662. The number of hydrogen-bond donors (Lipinski definition) is 3. The van der Waals surface area contributed by atoms with Crippen molar-refractivity contribution in [2.24, 2.45) is 17.6 Å². The molecule has 3 rings (SSSR count). The van der Waals surface area contributed by atoms with Gasteiger partial charge >= 0.3 is 0 Å². The van der Waals surface area contributed by atoms with Crippen molar-refractivity contribution in [1.82, 2.24) is 10.0 Å². The van der Waals surface area contributed by atoms with Crippen molar-refractivity contribution in [2.45, 2.75) is 57.7 Å². The minimum atomic E-state index is -3.22. The molecule has 0 spiro atoms. The number of fused-ring (bicyclic) bond motifs is 2. The third kappa shape index (κ3) is 5.67. The molecule has 0 heterocycles. The van der Waals surface area contributed by atoms with Crippen LogP contribution in [0.4, 0.5) is 0 Å². The van der Waals surface area contributed by atoms with Crippen molar-refractivity contribution in [1.29, 1.82) is 0 Å². The molecule has 0 aromatic heterocycles. The molecule has 2 aliphatic carbocycles. The summed E-state index contributed by atoms with van der Waals surface area (Å²) in [5.74, 6) is 0.984. The second-order valence-corrected chi connectivity index (χ2v) is 9.70. The Hall–Kier alpha value is -1.15. The van der Waals surface area contributed by atoms with E-state index in [9.17, 15) is 13.2 Å². The molecule has 0 aliphatic heterocycles. The van der Waals surface area contributed by atoms with Gasteiger partial charge in [0.1, 0.15) is 0 Å². The van der Waals surface area contributed by atoms with Gasteiger partial charge in [-0.15, -0.1) is 12.4 Å². The van der Waals surface area contributed by atoms with Crippen molar-refractivity contribution in [3.63, 3.8) is 0 Å². The molecule has 2 aliphatic rings. The van der Waals surface area contributed by atoms with Gasteiger partial charge in [0, 0.05) is 24.2 Å². The van der Waals surface area contributed by atoms with Gasteiger partial charge in [0.15, 0.2) is 0 Å². The lowest BCUT2D eigenvalue weighted by Gasteiger charge is -2.45. The number of sulfonamides is 1. The van der Waals surface area contributed by atoms with Crippen LogP contribution in [0.3, 0.4) is 0 Å². The lowest BCUT2D eigenvalue weighted by molar-refractivity contribution is 0.0756. The number of benzene rings is 1. The van der Waals surface area contributed by atoms with Crippen LogP contribution in [-0.4, -0.2) is 32.2 Å². The van der Waals surface area contributed by atoms with Gasteiger partial charge in [-0.2, -0.15) is 0 Å². The third-order valence-electron chi connectivity index (χ3n) is 5.77. The zero-order chi connectivity index (χ0) is 18.7. The van der Waals surface area contributed by atoms with Crippen molar-refractivity contribution in [3.05, 3.63) is 35.4 Å². The van der Waals surface area contributed by atoms with Crippen molar-refractivity contribution < 1.29 is 13.2 Å². The fourth-order valence-corrected chi connectivity index (χ4v) is 4.92. The highest BCUT2D eigenvalue weighted by molar-refractivity contribution is 7.89. The molecular weight excluding hydrogens is 386 g/mol. The first-order chi connectivity index (χ1) is 12.4. The van der Waals surface area contributed by atoms with E-state index in [0.717, 1.165) is 31.2 Å². The van der Waals surface area contributed by atoms with Crippen LogP contribution in [0.25, 0.3) is 0 Å². The molecule has 27 heavy (non-hydrogen) atoms. The lowest BCUT2D eigenvalue weighted by atomic mass is 9.67. The van der Waals surface area contributed by atoms with E-state index < -0.39 is 10.0 Å². The summed E-state index contributed by atoms with van der Waals surface area (Å²) in [4.78, 5) is 12.6. The predicted octanol–water partition coefficient (Wildman–Crippen LogP) is 2.18. The molecule has 1 amide bonds. The van der Waals surface area contributed by atoms with Gasteiger partial charge in [-0.3, -0.25) is 4.79 Å². The van der Waals surface area contributed by atoms with Gasteiger partial charge in [0.25, 0.3) is 5.91 Å². The summed E-state index contributed by atoms with van der Waals surface area (Å²) in [6.45, 7) is 1.84. The molecule has 8 heteroatoms. The van der Waals surface area contributed by atoms with E-state index in [1.54, 1.807) is 31.2 Å². The number of amides is 1. The normalized spacial score (nSPS) is 27.5. The van der Waals surface area contributed by atoms with E-state index in [-0.39, 0.29) is 42.7 Å². The topological polar surface area (TPSA) is 101 Å². The number of rotatable bonds is 6. The first-order valence-corrected chi connectivity index (χ1v) is 11.2. The standard InChI is InChI=1S/C19H29N3O3S.ClH/c1-2-26(24,25)21-12-13-6-8-14(9-7-13)19(23)22-18-15-4-3-5-16(18)11-17(20)10-15;/h6-9,15-18,21H,2-5,10-12,20H2,1H3,(H,22,23);1H. The molecule has 4 N–H and O–H groups in total. The van der Waals surface area contributed by atoms with E-state index in [4.69, 9.17) is 5.73 Å². The van der Waals surface area contributed by atoms with Crippen molar-refractivity contribution in [3.8, 4) is 0 Å². The molecule has 1 aromatic carbocycles. The zero-order valence-electron chi connectivity index (χ0n) is 15.7. The Bertz CT molecular complexity index is 725. The van der Waals surface area contributed by atoms with E-state index in [2.05, 4.69) is 10.0 Å². The Kier molecular flexibility index (Phi) is 7.68. The van der Waals surface area contributed by atoms with Crippen LogP contribution in [0.5, 0.6) is 0 Å². The Morgan fingerprint density at radius 3 is 2.30 bits per heavy atom. The van der Waals surface area contributed by atoms with Crippen molar-refractivity contribution in [2.75, 3.05) is 5.75 Å². The number of nitrogens with two attached hydrogens (primary N) is 1. The van der Waals surface area contributed by atoms with Crippen molar-refractivity contribution >= 4 is 28.3 Å². The number of halogens is 1. The van der Waals surface area contributed by atoms with Gasteiger partial charge in [-0.25, -0.2) is 13.1 Å². The van der Waals surface area contributed by atoms with Gasteiger partial charge in [0.05, 0.1) is 5.75 Å². The summed E-state index contributed by atoms with van der Waals surface area (Å²) in [5, 5.41) is 3.24. The summed E-state index contributed by atoms with van der Waals surface area (Å²) in [6, 6.07) is 7.61. The van der Waals surface area contributed by atoms with Crippen LogP contribution in [-0.2, 0) is 16.6 Å². The molecule has 2 fully saturated rings. The van der Waals surface area contributed by atoms with Crippen LogP contribution in [0.2, 0.25) is 0 Å². The summed E-state index contributed by atoms with van der Waals surface area (Å²) in [6.07, 6.45) is 5.52. The minimum Gasteiger partial charge on any atom is -0.349 e. The Labute approximate surface area is 168 Å². The van der Waals surface area contributed by atoms with E-state index in [1.165, 1.54) is 6.42 Å². The molecule has 1 aromatic rings. The summed E-state index contributed by atoms with van der Waals surface area (Å²) in [7, 11) is -3.22. The number of hydrogen-bond acceptors (Lipinski definition) is 4. The monoisotopic (exact) mass is 415 g/mol. The average Bonchev–Trinajstić information content (AvgIpc) is 2.61. The van der Waals surface area contributed by atoms with E-state index in [0.29, 0.717) is 17.4 Å². The summed E-state index contributed by atoms with van der Waals surface area (Å²) < 4.78 is 25.5. The number of nitrogens with one attached hydrogen (secondary N) is 2. The van der Waals surface area contributed by atoms with Gasteiger partial charge in [-0.05, 0) is 62.1 Å². The highest BCUT2D eigenvalue weighted by atomic mass is 35.5. The second-order valence-electron chi connectivity index (χ2n) is 7.60. The Balaban J connectivity index is 0.00000261. The maximum atomic E-state index is 12.6. The summed E-state index contributed by atoms with van der Waals surface area (Å²) in [5.41, 5.74) is 7.60. The van der Waals surface area contributed by atoms with Crippen LogP contribution in [0.15, 0.2) is 24.3 Å². The molecule has 6 nitrogen and oxygen atoms in total. The van der Waals surface area contributed by atoms with Gasteiger partial charge in [-0.1, -0.05) is 18.6 Å². The first kappa shape index (κ1) is 22.1. The Morgan fingerprint density at radius 1 is 1.15 bits per heavy atom. The molecule has 0 radical (unpaired) electrons. The highest BCUT2D eigenvalue weighted by Gasteiger charge is 2.39. The average molecular weight is 416 g/mol. The molecule has 0 saturated heterocycles. The molecule has 2 unspecified atom stereocenters. The van der Waals surface area contributed by atoms with Crippen LogP contribution in [0, 0.1) is 11.8 Å². The molecular formula is C19H30ClN3O3S. The SMILES string of the molecule is CCS(=O)(=O)NCc1ccc(C(=O)NC2C3CCCC2CC(N)C3)cc1.Cl. The van der Waals surface area contributed by atoms with Gasteiger partial charge in [0.2, 0.25) is 10.0 Å². The predicted molar refractivity (Wildman–Crippen MR) is 109 cm³/mol. The highest BCUT2D eigenvalue weighted by Crippen LogP contribution is 2.39.